The van der Waals surface area contributed by atoms with Crippen LogP contribution in [0, 0.1) is 40.4 Å². The molecular formula is C27H44O5. The van der Waals surface area contributed by atoms with E-state index in [4.69, 9.17) is 0 Å². The molecule has 0 radical (unpaired) electrons. The van der Waals surface area contributed by atoms with Crippen molar-refractivity contribution in [3.8, 4) is 0 Å². The van der Waals surface area contributed by atoms with Crippen LogP contribution in [0.4, 0.5) is 0 Å². The molecule has 4 aliphatic carbocycles. The molecule has 3 saturated carbocycles. The molecule has 0 aromatic carbocycles. The van der Waals surface area contributed by atoms with E-state index < -0.39 is 17.7 Å². The first-order chi connectivity index (χ1) is 14.9. The molecule has 10 atom stereocenters. The fraction of sp³-hybridized carbons (Fsp3) is 0.889. The molecular weight excluding hydrogens is 404 g/mol. The van der Waals surface area contributed by atoms with Gasteiger partial charge in [-0.1, -0.05) is 38.8 Å². The van der Waals surface area contributed by atoms with Gasteiger partial charge in [-0.05, 0) is 105 Å². The number of hydrogen-bond donors (Lipinski definition) is 4. The average Bonchev–Trinajstić information content (AvgIpc) is 3.06. The second-order valence-corrected chi connectivity index (χ2v) is 12.5. The predicted molar refractivity (Wildman–Crippen MR) is 124 cm³/mol. The number of carbonyl (C=O) groups is 1. The number of aliphatic hydroxyl groups is 3. The highest BCUT2D eigenvalue weighted by Crippen LogP contribution is 2.67. The average molecular weight is 449 g/mol. The normalized spacial score (nSPS) is 46.3. The molecule has 4 N–H and O–H groups in total. The molecule has 0 aromatic rings. The Labute approximate surface area is 193 Å². The molecule has 5 heteroatoms. The topological polar surface area (TPSA) is 98.0 Å². The Kier molecular flexibility index (Phi) is 6.35. The number of aliphatic hydroxyl groups excluding tert-OH is 2. The van der Waals surface area contributed by atoms with E-state index in [9.17, 15) is 25.2 Å². The van der Waals surface area contributed by atoms with Crippen LogP contribution in [-0.2, 0) is 4.79 Å². The maximum atomic E-state index is 11.3. The summed E-state index contributed by atoms with van der Waals surface area (Å²) < 4.78 is 0. The van der Waals surface area contributed by atoms with E-state index in [0.717, 1.165) is 38.5 Å². The highest BCUT2D eigenvalue weighted by atomic mass is 16.4. The fourth-order valence-electron chi connectivity index (χ4n) is 8.68. The molecule has 0 heterocycles. The number of aliphatic carboxylic acids is 1. The molecule has 4 rings (SSSR count). The van der Waals surface area contributed by atoms with Crippen LogP contribution in [0.3, 0.4) is 0 Å². The quantitative estimate of drug-likeness (QED) is 0.447. The van der Waals surface area contributed by atoms with Crippen LogP contribution in [0.25, 0.3) is 0 Å². The van der Waals surface area contributed by atoms with Crippen LogP contribution in [0.5, 0.6) is 0 Å². The number of rotatable bonds is 6. The lowest BCUT2D eigenvalue weighted by atomic mass is 9.46. The van der Waals surface area contributed by atoms with E-state index >= 15 is 0 Å². The molecule has 5 nitrogen and oxygen atoms in total. The second-order valence-electron chi connectivity index (χ2n) is 12.5. The van der Waals surface area contributed by atoms with Crippen molar-refractivity contribution in [2.45, 2.75) is 110 Å². The van der Waals surface area contributed by atoms with Crippen molar-refractivity contribution in [2.24, 2.45) is 40.4 Å². The van der Waals surface area contributed by atoms with E-state index in [2.05, 4.69) is 26.8 Å². The van der Waals surface area contributed by atoms with Gasteiger partial charge in [0.05, 0.1) is 12.2 Å². The van der Waals surface area contributed by atoms with Crippen LogP contribution < -0.4 is 0 Å². The smallest absolute Gasteiger partial charge is 0.335 e. The monoisotopic (exact) mass is 448 g/mol. The largest absolute Gasteiger partial charge is 0.479 e. The lowest BCUT2D eigenvalue weighted by Gasteiger charge is -2.59. The molecule has 4 aliphatic rings. The summed E-state index contributed by atoms with van der Waals surface area (Å²) in [6.07, 6.45) is 10.7. The van der Waals surface area contributed by atoms with Gasteiger partial charge in [-0.3, -0.25) is 0 Å². The Balaban J connectivity index is 1.48. The van der Waals surface area contributed by atoms with Crippen molar-refractivity contribution >= 4 is 5.97 Å². The van der Waals surface area contributed by atoms with Crippen molar-refractivity contribution < 1.29 is 25.2 Å². The van der Waals surface area contributed by atoms with E-state index in [1.54, 1.807) is 0 Å². The lowest BCUT2D eigenvalue weighted by molar-refractivity contribution is -0.157. The molecule has 3 fully saturated rings. The van der Waals surface area contributed by atoms with Crippen LogP contribution in [0.15, 0.2) is 11.6 Å². The summed E-state index contributed by atoms with van der Waals surface area (Å²) in [4.78, 5) is 11.2. The van der Waals surface area contributed by atoms with Gasteiger partial charge in [0.25, 0.3) is 0 Å². The van der Waals surface area contributed by atoms with E-state index in [1.807, 2.05) is 0 Å². The summed E-state index contributed by atoms with van der Waals surface area (Å²) in [6.45, 7) is 8.54. The van der Waals surface area contributed by atoms with E-state index in [0.29, 0.717) is 36.0 Å². The van der Waals surface area contributed by atoms with Gasteiger partial charge in [0, 0.05) is 0 Å². The van der Waals surface area contributed by atoms with Crippen molar-refractivity contribution in [2.75, 3.05) is 0 Å². The summed E-state index contributed by atoms with van der Waals surface area (Å²) in [6, 6.07) is 0. The van der Waals surface area contributed by atoms with Gasteiger partial charge in [-0.25, -0.2) is 4.79 Å². The third-order valence-electron chi connectivity index (χ3n) is 10.6. The van der Waals surface area contributed by atoms with Crippen LogP contribution >= 0.6 is 0 Å². The SMILES string of the molecule is C[C@H](CCCC(C)(O)C(=O)O)[C@H]1CCC2C3C(CC[C@@]21C)[C@@]1(C)CC[C@H](O)CC1=C[C@H]3O. The summed E-state index contributed by atoms with van der Waals surface area (Å²) in [5.74, 6) is 1.26. The van der Waals surface area contributed by atoms with E-state index in [1.165, 1.54) is 31.8 Å². The molecule has 32 heavy (non-hydrogen) atoms. The van der Waals surface area contributed by atoms with Crippen LogP contribution in [0.1, 0.15) is 91.9 Å². The molecule has 182 valence electrons. The summed E-state index contributed by atoms with van der Waals surface area (Å²) in [7, 11) is 0. The van der Waals surface area contributed by atoms with E-state index in [-0.39, 0.29) is 16.9 Å². The third kappa shape index (κ3) is 3.86. The summed E-state index contributed by atoms with van der Waals surface area (Å²) in [5, 5.41) is 40.7. The zero-order valence-electron chi connectivity index (χ0n) is 20.4. The minimum atomic E-state index is -1.64. The predicted octanol–water partition coefficient (Wildman–Crippen LogP) is 4.54. The highest BCUT2D eigenvalue weighted by Gasteiger charge is 2.61. The van der Waals surface area contributed by atoms with Crippen molar-refractivity contribution in [1.29, 1.82) is 0 Å². The number of hydrogen-bond acceptors (Lipinski definition) is 4. The Morgan fingerprint density at radius 1 is 1.16 bits per heavy atom. The maximum absolute atomic E-state index is 11.3. The first-order valence-corrected chi connectivity index (χ1v) is 12.9. The van der Waals surface area contributed by atoms with Crippen LogP contribution in [0.2, 0.25) is 0 Å². The van der Waals surface area contributed by atoms with Gasteiger partial charge >= 0.3 is 5.97 Å². The summed E-state index contributed by atoms with van der Waals surface area (Å²) >= 11 is 0. The van der Waals surface area contributed by atoms with Crippen LogP contribution in [-0.4, -0.2) is 44.2 Å². The zero-order chi connectivity index (χ0) is 23.5. The number of carboxylic acids is 1. The Bertz CT molecular complexity index is 759. The molecule has 4 unspecified atom stereocenters. The Morgan fingerprint density at radius 2 is 1.88 bits per heavy atom. The Hall–Kier alpha value is -0.910. The first-order valence-electron chi connectivity index (χ1n) is 12.9. The molecule has 0 saturated heterocycles. The zero-order valence-corrected chi connectivity index (χ0v) is 20.4. The molecule has 0 spiro atoms. The van der Waals surface area contributed by atoms with Gasteiger partial charge in [0.15, 0.2) is 5.60 Å². The maximum Gasteiger partial charge on any atom is 0.335 e. The Morgan fingerprint density at radius 3 is 2.56 bits per heavy atom. The number of fused-ring (bicyclic) bond motifs is 5. The molecule has 0 bridgehead atoms. The fourth-order valence-corrected chi connectivity index (χ4v) is 8.68. The number of carboxylic acid groups (broad SMARTS) is 1. The highest BCUT2D eigenvalue weighted by molar-refractivity contribution is 5.76. The third-order valence-corrected chi connectivity index (χ3v) is 10.6. The van der Waals surface area contributed by atoms with Crippen molar-refractivity contribution in [3.63, 3.8) is 0 Å². The molecule has 0 aliphatic heterocycles. The van der Waals surface area contributed by atoms with Crippen molar-refractivity contribution in [3.05, 3.63) is 11.6 Å². The standard InChI is InChI=1S/C27H44O5/c1-16(6-5-11-27(4,32)24(30)31)19-7-8-20-23-21(10-13-26(19,20)3)25(2)12-9-18(28)14-17(25)15-22(23)29/h15-16,18-23,28-29,32H,5-14H2,1-4H3,(H,30,31)/t16-,18+,19-,20?,21?,22-,23?,25+,26-,27?/m1/s1. The minimum absolute atomic E-state index is 0.122. The second kappa shape index (κ2) is 8.39. The van der Waals surface area contributed by atoms with Gasteiger partial charge in [0.1, 0.15) is 0 Å². The van der Waals surface area contributed by atoms with Gasteiger partial charge < -0.3 is 20.4 Å². The van der Waals surface area contributed by atoms with Gasteiger partial charge in [-0.2, -0.15) is 0 Å². The lowest BCUT2D eigenvalue weighted by Crippen LogP contribution is -2.54. The minimum Gasteiger partial charge on any atom is -0.479 e. The first kappa shape index (κ1) is 24.2. The van der Waals surface area contributed by atoms with Crippen molar-refractivity contribution in [1.82, 2.24) is 0 Å². The van der Waals surface area contributed by atoms with Gasteiger partial charge in [-0.15, -0.1) is 0 Å². The summed E-state index contributed by atoms with van der Waals surface area (Å²) in [5.41, 5.74) is -0.00956. The molecule has 0 aromatic heterocycles. The molecule has 0 amide bonds. The van der Waals surface area contributed by atoms with Gasteiger partial charge in [0.2, 0.25) is 0 Å².